The van der Waals surface area contributed by atoms with E-state index in [0.717, 1.165) is 11.1 Å². The van der Waals surface area contributed by atoms with Crippen LogP contribution in [0.4, 0.5) is 0 Å². The number of carbonyl (C=O) groups excluding carboxylic acids is 1. The molecule has 2 atom stereocenters. The first-order valence-corrected chi connectivity index (χ1v) is 9.40. The molecule has 0 amide bonds. The van der Waals surface area contributed by atoms with Gasteiger partial charge in [-0.3, -0.25) is 4.79 Å². The normalized spacial score (nSPS) is 21.2. The lowest BCUT2D eigenvalue weighted by molar-refractivity contribution is -0.147. The number of halogens is 2. The second-order valence-electron chi connectivity index (χ2n) is 6.60. The Hall–Kier alpha value is -1.29. The maximum absolute atomic E-state index is 12.4. The monoisotopic (exact) mass is 380 g/mol. The highest BCUT2D eigenvalue weighted by Gasteiger charge is 2.61. The Morgan fingerprint density at radius 1 is 1.29 bits per heavy atom. The average Bonchev–Trinajstić information content (AvgIpc) is 2.94. The highest BCUT2D eigenvalue weighted by Crippen LogP contribution is 2.60. The summed E-state index contributed by atoms with van der Waals surface area (Å²) in [5.41, 5.74) is 3.13. The van der Waals surface area contributed by atoms with Crippen molar-refractivity contribution in [2.75, 3.05) is 0 Å². The summed E-state index contributed by atoms with van der Waals surface area (Å²) in [7, 11) is 0. The maximum Gasteiger partial charge on any atom is 0.310 e. The second kappa shape index (κ2) is 6.91. The fraction of sp³-hybridized carbons (Fsp3) is 0.316. The summed E-state index contributed by atoms with van der Waals surface area (Å²) in [4.78, 5) is 12.4. The molecule has 1 saturated carbocycles. The van der Waals surface area contributed by atoms with Crippen molar-refractivity contribution >= 4 is 40.5 Å². The number of allylic oxidation sites excluding steroid dienone is 1. The zero-order valence-electron chi connectivity index (χ0n) is 13.5. The zero-order chi connectivity index (χ0) is 17.3. The first-order chi connectivity index (χ1) is 11.4. The fourth-order valence-electron chi connectivity index (χ4n) is 3.09. The lowest BCUT2D eigenvalue weighted by Crippen LogP contribution is -2.10. The Bertz CT molecular complexity index is 761. The van der Waals surface area contributed by atoms with Gasteiger partial charge in [-0.1, -0.05) is 55.2 Å². The Labute approximate surface area is 156 Å². The van der Waals surface area contributed by atoms with E-state index in [-0.39, 0.29) is 34.3 Å². The van der Waals surface area contributed by atoms with Crippen molar-refractivity contribution in [1.82, 2.24) is 0 Å². The topological polar surface area (TPSA) is 26.3 Å². The van der Waals surface area contributed by atoms with Crippen LogP contribution in [0, 0.1) is 17.3 Å². The minimum atomic E-state index is -0.197. The van der Waals surface area contributed by atoms with E-state index >= 15 is 0 Å². The Kier molecular flexibility index (Phi) is 5.05. The molecule has 0 radical (unpaired) electrons. The van der Waals surface area contributed by atoms with Crippen LogP contribution < -0.4 is 0 Å². The van der Waals surface area contributed by atoms with E-state index in [1.807, 2.05) is 31.4 Å². The molecule has 1 aliphatic rings. The summed E-state index contributed by atoms with van der Waals surface area (Å²) in [5, 5.41) is 4.15. The van der Waals surface area contributed by atoms with E-state index in [4.69, 9.17) is 27.9 Å². The third-order valence-electron chi connectivity index (χ3n) is 4.63. The third kappa shape index (κ3) is 3.69. The molecule has 0 N–H and O–H groups in total. The van der Waals surface area contributed by atoms with Crippen LogP contribution in [0.2, 0.25) is 0 Å². The van der Waals surface area contributed by atoms with Crippen molar-refractivity contribution in [2.24, 2.45) is 17.3 Å². The lowest BCUT2D eigenvalue weighted by Gasteiger charge is -2.07. The van der Waals surface area contributed by atoms with Crippen LogP contribution in [0.25, 0.3) is 11.1 Å². The van der Waals surface area contributed by atoms with E-state index in [2.05, 4.69) is 23.6 Å². The van der Waals surface area contributed by atoms with Gasteiger partial charge >= 0.3 is 5.97 Å². The predicted molar refractivity (Wildman–Crippen MR) is 100 cm³/mol. The summed E-state index contributed by atoms with van der Waals surface area (Å²) in [6.07, 6.45) is 1.73. The highest BCUT2D eigenvalue weighted by atomic mass is 35.5. The fourth-order valence-corrected chi connectivity index (χ4v) is 4.02. The average molecular weight is 381 g/mol. The number of benzene rings is 1. The minimum Gasteiger partial charge on any atom is -0.461 e. The molecule has 1 fully saturated rings. The second-order valence-corrected chi connectivity index (χ2v) is 8.39. The number of hydrogen-bond acceptors (Lipinski definition) is 3. The zero-order valence-corrected chi connectivity index (χ0v) is 15.8. The van der Waals surface area contributed by atoms with Gasteiger partial charge in [0.05, 0.1) is 5.92 Å². The summed E-state index contributed by atoms with van der Waals surface area (Å²) >= 11 is 13.1. The molecule has 1 aromatic carbocycles. The number of carbonyl (C=O) groups is 1. The van der Waals surface area contributed by atoms with Crippen LogP contribution in [0.15, 0.2) is 51.7 Å². The van der Waals surface area contributed by atoms with Crippen molar-refractivity contribution in [3.63, 3.8) is 0 Å². The first-order valence-electron chi connectivity index (χ1n) is 7.70. The van der Waals surface area contributed by atoms with Crippen LogP contribution in [0.3, 0.4) is 0 Å². The molecule has 0 spiro atoms. The van der Waals surface area contributed by atoms with Gasteiger partial charge in [0.25, 0.3) is 0 Å². The predicted octanol–water partition coefficient (Wildman–Crippen LogP) is 6.05. The van der Waals surface area contributed by atoms with Gasteiger partial charge in [0.1, 0.15) is 11.1 Å². The molecule has 1 aromatic heterocycles. The summed E-state index contributed by atoms with van der Waals surface area (Å²) < 4.78 is 5.72. The highest BCUT2D eigenvalue weighted by molar-refractivity contribution is 7.08. The van der Waals surface area contributed by atoms with Crippen molar-refractivity contribution in [3.8, 4) is 11.1 Å². The van der Waals surface area contributed by atoms with E-state index in [0.29, 0.717) is 0 Å². The van der Waals surface area contributed by atoms with Crippen LogP contribution in [0.5, 0.6) is 0 Å². The van der Waals surface area contributed by atoms with Gasteiger partial charge < -0.3 is 4.74 Å². The third-order valence-corrected chi connectivity index (χ3v) is 5.57. The van der Waals surface area contributed by atoms with Crippen molar-refractivity contribution in [3.05, 3.63) is 57.2 Å². The Balaban J connectivity index is 1.63. The molecule has 2 nitrogen and oxygen atoms in total. The van der Waals surface area contributed by atoms with Gasteiger partial charge in [0.2, 0.25) is 0 Å². The molecule has 0 bridgehead atoms. The van der Waals surface area contributed by atoms with E-state index in [1.165, 1.54) is 5.56 Å². The van der Waals surface area contributed by atoms with Gasteiger partial charge in [0, 0.05) is 0 Å². The number of rotatable bonds is 5. The Morgan fingerprint density at radius 3 is 2.75 bits per heavy atom. The largest absolute Gasteiger partial charge is 0.461 e. The quantitative estimate of drug-likeness (QED) is 0.590. The number of hydrogen-bond donors (Lipinski definition) is 0. The SMILES string of the molecule is CC1(C)C(C=C(Cl)Cl)C1C(=O)OCc1cccc(-c2ccsc2)c1. The summed E-state index contributed by atoms with van der Waals surface area (Å²) in [6.45, 7) is 4.32. The molecule has 0 saturated heterocycles. The molecule has 126 valence electrons. The van der Waals surface area contributed by atoms with Crippen molar-refractivity contribution in [2.45, 2.75) is 20.5 Å². The first kappa shape index (κ1) is 17.5. The lowest BCUT2D eigenvalue weighted by atomic mass is 10.1. The van der Waals surface area contributed by atoms with Crippen LogP contribution in [0.1, 0.15) is 19.4 Å². The van der Waals surface area contributed by atoms with Crippen LogP contribution >= 0.6 is 34.5 Å². The number of esters is 1. The van der Waals surface area contributed by atoms with Crippen molar-refractivity contribution in [1.29, 1.82) is 0 Å². The van der Waals surface area contributed by atoms with E-state index in [1.54, 1.807) is 17.4 Å². The molecule has 1 heterocycles. The van der Waals surface area contributed by atoms with Gasteiger partial charge in [-0.15, -0.1) is 0 Å². The summed E-state index contributed by atoms with van der Waals surface area (Å²) in [6, 6.07) is 10.1. The molecular weight excluding hydrogens is 363 g/mol. The molecule has 2 aromatic rings. The van der Waals surface area contributed by atoms with Gasteiger partial charge in [0.15, 0.2) is 0 Å². The molecule has 2 unspecified atom stereocenters. The Morgan fingerprint density at radius 2 is 2.08 bits per heavy atom. The molecule has 5 heteroatoms. The number of ether oxygens (including phenoxy) is 1. The van der Waals surface area contributed by atoms with E-state index in [9.17, 15) is 4.79 Å². The smallest absolute Gasteiger partial charge is 0.310 e. The van der Waals surface area contributed by atoms with Gasteiger partial charge in [-0.05, 0) is 57.0 Å². The molecular formula is C19H18Cl2O2S. The maximum atomic E-state index is 12.4. The number of thiophene rings is 1. The van der Waals surface area contributed by atoms with E-state index < -0.39 is 0 Å². The van der Waals surface area contributed by atoms with Crippen LogP contribution in [-0.2, 0) is 16.1 Å². The molecule has 1 aliphatic carbocycles. The standard InChI is InChI=1S/C19H18Cl2O2S/c1-19(2)15(9-16(20)21)17(19)18(22)23-10-12-4-3-5-13(8-12)14-6-7-24-11-14/h3-9,11,15,17H,10H2,1-2H3. The summed E-state index contributed by atoms with van der Waals surface area (Å²) in [5.74, 6) is -0.353. The minimum absolute atomic E-state index is 0.0344. The molecule has 24 heavy (non-hydrogen) atoms. The van der Waals surface area contributed by atoms with Gasteiger partial charge in [-0.25, -0.2) is 0 Å². The van der Waals surface area contributed by atoms with Crippen LogP contribution in [-0.4, -0.2) is 5.97 Å². The van der Waals surface area contributed by atoms with Crippen molar-refractivity contribution < 1.29 is 9.53 Å². The van der Waals surface area contributed by atoms with Gasteiger partial charge in [-0.2, -0.15) is 11.3 Å². The molecule has 0 aliphatic heterocycles. The molecule has 3 rings (SSSR count).